The standard InChI is InChI=1S/C12H25NO3/c1-10(6-13(4)5)7-14-8-11-9-15-12(2,3)16-11/h10-11H,6-9H2,1-5H3. The van der Waals surface area contributed by atoms with Gasteiger partial charge in [-0.15, -0.1) is 0 Å². The number of nitrogens with zero attached hydrogens (tertiary/aromatic N) is 1. The Morgan fingerprint density at radius 3 is 2.62 bits per heavy atom. The largest absolute Gasteiger partial charge is 0.378 e. The van der Waals surface area contributed by atoms with Crippen molar-refractivity contribution in [1.29, 1.82) is 0 Å². The van der Waals surface area contributed by atoms with E-state index in [9.17, 15) is 0 Å². The fourth-order valence-electron chi connectivity index (χ4n) is 1.92. The van der Waals surface area contributed by atoms with Crippen molar-refractivity contribution in [1.82, 2.24) is 4.90 Å². The summed E-state index contributed by atoms with van der Waals surface area (Å²) in [5, 5.41) is 0. The Bertz CT molecular complexity index is 206. The van der Waals surface area contributed by atoms with Crippen molar-refractivity contribution in [2.75, 3.05) is 40.5 Å². The van der Waals surface area contributed by atoms with Gasteiger partial charge in [-0.25, -0.2) is 0 Å². The van der Waals surface area contributed by atoms with Gasteiger partial charge < -0.3 is 19.1 Å². The van der Waals surface area contributed by atoms with E-state index in [0.717, 1.165) is 13.2 Å². The van der Waals surface area contributed by atoms with Crippen molar-refractivity contribution >= 4 is 0 Å². The minimum Gasteiger partial charge on any atom is -0.378 e. The summed E-state index contributed by atoms with van der Waals surface area (Å²) in [6, 6.07) is 0. The molecular formula is C12H25NO3. The minimum absolute atomic E-state index is 0.0848. The third-order valence-electron chi connectivity index (χ3n) is 2.45. The van der Waals surface area contributed by atoms with Crippen LogP contribution in [-0.4, -0.2) is 57.3 Å². The van der Waals surface area contributed by atoms with Crippen LogP contribution in [0, 0.1) is 5.92 Å². The molecule has 0 aromatic rings. The zero-order chi connectivity index (χ0) is 12.2. The molecule has 1 rings (SSSR count). The van der Waals surface area contributed by atoms with E-state index in [2.05, 4.69) is 25.9 Å². The predicted octanol–water partition coefficient (Wildman–Crippen LogP) is 1.35. The Morgan fingerprint density at radius 2 is 2.12 bits per heavy atom. The highest BCUT2D eigenvalue weighted by Gasteiger charge is 2.32. The molecule has 0 bridgehead atoms. The summed E-state index contributed by atoms with van der Waals surface area (Å²) in [6.07, 6.45) is 0.0848. The first-order valence-electron chi connectivity index (χ1n) is 5.93. The lowest BCUT2D eigenvalue weighted by atomic mass is 10.2. The molecule has 1 aliphatic heterocycles. The first-order chi connectivity index (χ1) is 7.39. The van der Waals surface area contributed by atoms with E-state index < -0.39 is 5.79 Å². The summed E-state index contributed by atoms with van der Waals surface area (Å²) in [5.41, 5.74) is 0. The second kappa shape index (κ2) is 5.96. The Morgan fingerprint density at radius 1 is 1.44 bits per heavy atom. The molecule has 1 saturated heterocycles. The van der Waals surface area contributed by atoms with Crippen LogP contribution in [0.4, 0.5) is 0 Å². The van der Waals surface area contributed by atoms with Gasteiger partial charge in [0, 0.05) is 6.54 Å². The number of rotatable bonds is 6. The lowest BCUT2D eigenvalue weighted by Crippen LogP contribution is -2.27. The summed E-state index contributed by atoms with van der Waals surface area (Å²) in [4.78, 5) is 2.17. The molecule has 0 N–H and O–H groups in total. The maximum atomic E-state index is 5.65. The van der Waals surface area contributed by atoms with Crippen molar-refractivity contribution in [2.45, 2.75) is 32.7 Å². The van der Waals surface area contributed by atoms with Crippen LogP contribution in [0.2, 0.25) is 0 Å². The smallest absolute Gasteiger partial charge is 0.163 e. The second-order valence-corrected chi connectivity index (χ2v) is 5.36. The monoisotopic (exact) mass is 231 g/mol. The van der Waals surface area contributed by atoms with E-state index in [0.29, 0.717) is 19.1 Å². The Balaban J connectivity index is 2.08. The number of hydrogen-bond acceptors (Lipinski definition) is 4. The van der Waals surface area contributed by atoms with Gasteiger partial charge in [-0.2, -0.15) is 0 Å². The fourth-order valence-corrected chi connectivity index (χ4v) is 1.92. The van der Waals surface area contributed by atoms with E-state index in [-0.39, 0.29) is 6.10 Å². The molecular weight excluding hydrogens is 206 g/mol. The van der Waals surface area contributed by atoms with E-state index in [1.165, 1.54) is 0 Å². The van der Waals surface area contributed by atoms with Crippen molar-refractivity contribution in [3.8, 4) is 0 Å². The first-order valence-corrected chi connectivity index (χ1v) is 5.93. The average Bonchev–Trinajstić information content (AvgIpc) is 2.44. The van der Waals surface area contributed by atoms with Gasteiger partial charge in [0.1, 0.15) is 6.10 Å². The Kier molecular flexibility index (Phi) is 5.18. The molecule has 2 atom stereocenters. The molecule has 0 amide bonds. The first kappa shape index (κ1) is 13.9. The SMILES string of the molecule is CC(COCC1COC(C)(C)O1)CN(C)C. The zero-order valence-electron chi connectivity index (χ0n) is 11.2. The summed E-state index contributed by atoms with van der Waals surface area (Å²) >= 11 is 0. The number of ether oxygens (including phenoxy) is 3. The van der Waals surface area contributed by atoms with Crippen LogP contribution in [-0.2, 0) is 14.2 Å². The molecule has 4 nitrogen and oxygen atoms in total. The van der Waals surface area contributed by atoms with E-state index >= 15 is 0 Å². The molecule has 16 heavy (non-hydrogen) atoms. The molecule has 0 spiro atoms. The molecule has 1 heterocycles. The predicted molar refractivity (Wildman–Crippen MR) is 63.4 cm³/mol. The van der Waals surface area contributed by atoms with Crippen molar-refractivity contribution < 1.29 is 14.2 Å². The van der Waals surface area contributed by atoms with Crippen LogP contribution < -0.4 is 0 Å². The van der Waals surface area contributed by atoms with Crippen LogP contribution in [0.25, 0.3) is 0 Å². The quantitative estimate of drug-likeness (QED) is 0.690. The van der Waals surface area contributed by atoms with Gasteiger partial charge in [-0.05, 0) is 33.9 Å². The highest BCUT2D eigenvalue weighted by Crippen LogP contribution is 2.22. The van der Waals surface area contributed by atoms with Crippen LogP contribution in [0.3, 0.4) is 0 Å². The molecule has 4 heteroatoms. The second-order valence-electron chi connectivity index (χ2n) is 5.36. The van der Waals surface area contributed by atoms with E-state index in [1.807, 2.05) is 13.8 Å². The molecule has 2 unspecified atom stereocenters. The van der Waals surface area contributed by atoms with Gasteiger partial charge in [0.05, 0.1) is 19.8 Å². The molecule has 0 aromatic heterocycles. The lowest BCUT2D eigenvalue weighted by molar-refractivity contribution is -0.145. The maximum Gasteiger partial charge on any atom is 0.163 e. The zero-order valence-corrected chi connectivity index (χ0v) is 11.2. The van der Waals surface area contributed by atoms with Gasteiger partial charge in [0.15, 0.2) is 5.79 Å². The third kappa shape index (κ3) is 5.25. The third-order valence-corrected chi connectivity index (χ3v) is 2.45. The molecule has 0 aliphatic carbocycles. The minimum atomic E-state index is -0.441. The van der Waals surface area contributed by atoms with Crippen LogP contribution >= 0.6 is 0 Å². The molecule has 1 fully saturated rings. The highest BCUT2D eigenvalue weighted by molar-refractivity contribution is 4.70. The molecule has 0 saturated carbocycles. The fraction of sp³-hybridized carbons (Fsp3) is 1.00. The van der Waals surface area contributed by atoms with E-state index in [4.69, 9.17) is 14.2 Å². The topological polar surface area (TPSA) is 30.9 Å². The average molecular weight is 231 g/mol. The van der Waals surface area contributed by atoms with Gasteiger partial charge >= 0.3 is 0 Å². The van der Waals surface area contributed by atoms with Crippen molar-refractivity contribution in [3.63, 3.8) is 0 Å². The van der Waals surface area contributed by atoms with Crippen LogP contribution in [0.1, 0.15) is 20.8 Å². The molecule has 96 valence electrons. The summed E-state index contributed by atoms with van der Waals surface area (Å²) in [5.74, 6) is 0.105. The highest BCUT2D eigenvalue weighted by atomic mass is 16.7. The summed E-state index contributed by atoms with van der Waals surface area (Å²) in [7, 11) is 4.15. The van der Waals surface area contributed by atoms with Crippen LogP contribution in [0.15, 0.2) is 0 Å². The van der Waals surface area contributed by atoms with E-state index in [1.54, 1.807) is 0 Å². The molecule has 0 radical (unpaired) electrons. The summed E-state index contributed by atoms with van der Waals surface area (Å²) < 4.78 is 16.8. The number of hydrogen-bond donors (Lipinski definition) is 0. The molecule has 0 aromatic carbocycles. The van der Waals surface area contributed by atoms with Crippen molar-refractivity contribution in [2.24, 2.45) is 5.92 Å². The van der Waals surface area contributed by atoms with Crippen molar-refractivity contribution in [3.05, 3.63) is 0 Å². The normalized spacial score (nSPS) is 26.2. The Hall–Kier alpha value is -0.160. The van der Waals surface area contributed by atoms with Gasteiger partial charge in [0.2, 0.25) is 0 Å². The summed E-state index contributed by atoms with van der Waals surface area (Å²) in [6.45, 7) is 9.14. The van der Waals surface area contributed by atoms with Gasteiger partial charge in [-0.3, -0.25) is 0 Å². The van der Waals surface area contributed by atoms with Gasteiger partial charge in [0.25, 0.3) is 0 Å². The van der Waals surface area contributed by atoms with Crippen LogP contribution in [0.5, 0.6) is 0 Å². The Labute approximate surface area is 98.8 Å². The molecule has 1 aliphatic rings. The van der Waals surface area contributed by atoms with Gasteiger partial charge in [-0.1, -0.05) is 6.92 Å². The maximum absolute atomic E-state index is 5.65. The lowest BCUT2D eigenvalue weighted by Gasteiger charge is -2.19.